The number of rotatable bonds is 3. The highest BCUT2D eigenvalue weighted by Gasteiger charge is 2.21. The molecule has 2 rings (SSSR count). The number of hydrogen-bond acceptors (Lipinski definition) is 1. The Bertz CT molecular complexity index is 345. The van der Waals surface area contributed by atoms with Gasteiger partial charge in [-0.1, -0.05) is 13.0 Å². The third kappa shape index (κ3) is 2.59. The van der Waals surface area contributed by atoms with Gasteiger partial charge in [0.25, 0.3) is 0 Å². The third-order valence-corrected chi connectivity index (χ3v) is 3.32. The molecular formula is C13H17F2N. The normalized spacial score (nSPS) is 24.9. The highest BCUT2D eigenvalue weighted by molar-refractivity contribution is 5.19. The second-order valence-corrected chi connectivity index (χ2v) is 4.70. The monoisotopic (exact) mass is 225 g/mol. The minimum absolute atomic E-state index is 0.155. The maximum absolute atomic E-state index is 13.3. The summed E-state index contributed by atoms with van der Waals surface area (Å²) in [6.45, 7) is 2.50. The van der Waals surface area contributed by atoms with Crippen LogP contribution in [-0.4, -0.2) is 6.04 Å². The quantitative estimate of drug-likeness (QED) is 0.832. The van der Waals surface area contributed by atoms with Gasteiger partial charge in [0, 0.05) is 18.2 Å². The summed E-state index contributed by atoms with van der Waals surface area (Å²) in [5.74, 6) is -0.194. The lowest BCUT2D eigenvalue weighted by Crippen LogP contribution is -2.26. The van der Waals surface area contributed by atoms with Gasteiger partial charge in [-0.05, 0) is 37.3 Å². The molecule has 0 radical (unpaired) electrons. The van der Waals surface area contributed by atoms with Crippen LogP contribution >= 0.6 is 0 Å². The maximum Gasteiger partial charge on any atom is 0.130 e. The van der Waals surface area contributed by atoms with Gasteiger partial charge in [-0.15, -0.1) is 0 Å². The molecule has 0 aromatic heterocycles. The van der Waals surface area contributed by atoms with Gasteiger partial charge < -0.3 is 5.32 Å². The van der Waals surface area contributed by atoms with E-state index in [1.807, 2.05) is 0 Å². The van der Waals surface area contributed by atoms with Gasteiger partial charge in [0.1, 0.15) is 11.6 Å². The molecule has 1 aromatic rings. The van der Waals surface area contributed by atoms with Crippen LogP contribution in [0.15, 0.2) is 18.2 Å². The first-order chi connectivity index (χ1) is 7.66. The van der Waals surface area contributed by atoms with Crippen LogP contribution in [0.25, 0.3) is 0 Å². The van der Waals surface area contributed by atoms with Crippen LogP contribution in [0, 0.1) is 17.6 Å². The first-order valence-corrected chi connectivity index (χ1v) is 5.83. The van der Waals surface area contributed by atoms with E-state index in [1.165, 1.54) is 24.6 Å². The molecule has 1 aromatic carbocycles. The molecule has 0 bridgehead atoms. The Morgan fingerprint density at radius 3 is 2.50 bits per heavy atom. The van der Waals surface area contributed by atoms with Crippen LogP contribution in [0.2, 0.25) is 0 Å². The van der Waals surface area contributed by atoms with E-state index in [1.54, 1.807) is 0 Å². The van der Waals surface area contributed by atoms with Crippen molar-refractivity contribution in [3.63, 3.8) is 0 Å². The Kier molecular flexibility index (Phi) is 3.54. The fraction of sp³-hybridized carbons (Fsp3) is 0.538. The van der Waals surface area contributed by atoms with Crippen LogP contribution in [0.4, 0.5) is 8.78 Å². The van der Waals surface area contributed by atoms with Gasteiger partial charge in [0.2, 0.25) is 0 Å². The molecule has 0 heterocycles. The molecule has 1 N–H and O–H groups in total. The molecule has 2 unspecified atom stereocenters. The molecule has 3 heteroatoms. The molecule has 0 amide bonds. The molecule has 1 aliphatic carbocycles. The molecule has 2 atom stereocenters. The van der Waals surface area contributed by atoms with Gasteiger partial charge in [-0.2, -0.15) is 0 Å². The van der Waals surface area contributed by atoms with Gasteiger partial charge >= 0.3 is 0 Å². The van der Waals surface area contributed by atoms with Crippen molar-refractivity contribution in [2.24, 2.45) is 5.92 Å². The Morgan fingerprint density at radius 2 is 1.94 bits per heavy atom. The summed E-state index contributed by atoms with van der Waals surface area (Å²) in [4.78, 5) is 0. The number of benzene rings is 1. The number of halogens is 2. The van der Waals surface area contributed by atoms with E-state index in [2.05, 4.69) is 12.2 Å². The largest absolute Gasteiger partial charge is 0.310 e. The molecule has 88 valence electrons. The molecule has 1 nitrogen and oxygen atoms in total. The Balaban J connectivity index is 1.94. The standard InChI is InChI=1S/C13H17F2N/c1-9-5-6-10(7-9)16-8-11-12(14)3-2-4-13(11)15/h2-4,9-10,16H,5-8H2,1H3. The fourth-order valence-electron chi connectivity index (χ4n) is 2.34. The summed E-state index contributed by atoms with van der Waals surface area (Å²) in [7, 11) is 0. The topological polar surface area (TPSA) is 12.0 Å². The van der Waals surface area contributed by atoms with Crippen LogP contribution in [0.5, 0.6) is 0 Å². The maximum atomic E-state index is 13.3. The molecule has 16 heavy (non-hydrogen) atoms. The second-order valence-electron chi connectivity index (χ2n) is 4.70. The summed E-state index contributed by atoms with van der Waals surface area (Å²) in [6, 6.07) is 4.41. The van der Waals surface area contributed by atoms with Gasteiger partial charge in [-0.25, -0.2) is 8.78 Å². The van der Waals surface area contributed by atoms with E-state index in [-0.39, 0.29) is 12.1 Å². The smallest absolute Gasteiger partial charge is 0.130 e. The van der Waals surface area contributed by atoms with Gasteiger partial charge in [0.05, 0.1) is 0 Å². The predicted molar refractivity (Wildman–Crippen MR) is 60.0 cm³/mol. The van der Waals surface area contributed by atoms with E-state index in [0.29, 0.717) is 6.04 Å². The molecule has 1 saturated carbocycles. The van der Waals surface area contributed by atoms with Crippen molar-refractivity contribution < 1.29 is 8.78 Å². The fourth-order valence-corrected chi connectivity index (χ4v) is 2.34. The zero-order valence-corrected chi connectivity index (χ0v) is 9.47. The van der Waals surface area contributed by atoms with Crippen molar-refractivity contribution in [3.8, 4) is 0 Å². The van der Waals surface area contributed by atoms with Crippen molar-refractivity contribution >= 4 is 0 Å². The minimum atomic E-state index is -0.460. The molecule has 1 fully saturated rings. The van der Waals surface area contributed by atoms with Crippen LogP contribution in [-0.2, 0) is 6.54 Å². The van der Waals surface area contributed by atoms with Crippen molar-refractivity contribution in [2.45, 2.75) is 38.8 Å². The average molecular weight is 225 g/mol. The second kappa shape index (κ2) is 4.91. The predicted octanol–water partition coefficient (Wildman–Crippen LogP) is 3.24. The van der Waals surface area contributed by atoms with E-state index >= 15 is 0 Å². The average Bonchev–Trinajstić information content (AvgIpc) is 2.63. The zero-order valence-electron chi connectivity index (χ0n) is 9.47. The molecular weight excluding hydrogens is 208 g/mol. The van der Waals surface area contributed by atoms with Crippen molar-refractivity contribution in [3.05, 3.63) is 35.4 Å². The minimum Gasteiger partial charge on any atom is -0.310 e. The van der Waals surface area contributed by atoms with Crippen LogP contribution in [0.1, 0.15) is 31.7 Å². The zero-order chi connectivity index (χ0) is 11.5. The van der Waals surface area contributed by atoms with Crippen LogP contribution in [0.3, 0.4) is 0 Å². The Morgan fingerprint density at radius 1 is 1.25 bits per heavy atom. The van der Waals surface area contributed by atoms with Gasteiger partial charge in [0.15, 0.2) is 0 Å². The van der Waals surface area contributed by atoms with Crippen molar-refractivity contribution in [2.75, 3.05) is 0 Å². The summed E-state index contributed by atoms with van der Waals surface area (Å²) in [5.41, 5.74) is 0.155. The molecule has 0 spiro atoms. The Hall–Kier alpha value is -0.960. The van der Waals surface area contributed by atoms with Gasteiger partial charge in [-0.3, -0.25) is 0 Å². The summed E-state index contributed by atoms with van der Waals surface area (Å²) in [5, 5.41) is 3.23. The summed E-state index contributed by atoms with van der Waals surface area (Å²) < 4.78 is 26.6. The number of hydrogen-bond donors (Lipinski definition) is 1. The van der Waals surface area contributed by atoms with E-state index in [4.69, 9.17) is 0 Å². The lowest BCUT2D eigenvalue weighted by Gasteiger charge is -2.13. The number of nitrogens with one attached hydrogen (secondary N) is 1. The van der Waals surface area contributed by atoms with Crippen molar-refractivity contribution in [1.29, 1.82) is 0 Å². The lowest BCUT2D eigenvalue weighted by atomic mass is 10.1. The van der Waals surface area contributed by atoms with E-state index in [0.717, 1.165) is 18.8 Å². The van der Waals surface area contributed by atoms with E-state index in [9.17, 15) is 8.78 Å². The SMILES string of the molecule is CC1CCC(NCc2c(F)cccc2F)C1. The summed E-state index contributed by atoms with van der Waals surface area (Å²) >= 11 is 0. The summed E-state index contributed by atoms with van der Waals surface area (Å²) in [6.07, 6.45) is 3.42. The highest BCUT2D eigenvalue weighted by atomic mass is 19.1. The molecule has 1 aliphatic rings. The van der Waals surface area contributed by atoms with Crippen molar-refractivity contribution in [1.82, 2.24) is 5.32 Å². The van der Waals surface area contributed by atoms with E-state index < -0.39 is 11.6 Å². The highest BCUT2D eigenvalue weighted by Crippen LogP contribution is 2.25. The first kappa shape index (κ1) is 11.5. The Labute approximate surface area is 94.9 Å². The lowest BCUT2D eigenvalue weighted by molar-refractivity contribution is 0.475. The molecule has 0 saturated heterocycles. The third-order valence-electron chi connectivity index (χ3n) is 3.32. The first-order valence-electron chi connectivity index (χ1n) is 5.83. The molecule has 0 aliphatic heterocycles. The van der Waals surface area contributed by atoms with Crippen LogP contribution < -0.4 is 5.32 Å².